The van der Waals surface area contributed by atoms with E-state index in [0.29, 0.717) is 28.1 Å². The Morgan fingerprint density at radius 3 is 2.26 bits per heavy atom. The zero-order valence-electron chi connectivity index (χ0n) is 20.2. The molecule has 35 heavy (non-hydrogen) atoms. The Labute approximate surface area is 210 Å². The standard InChI is InChI=1S/C27H33ClN4O3/c1-18-23(14-21(28)15-29-18)26(33)30-22-8-6-19(7-9-22)16-31-24-4-2-3-5-25(24)32(27(31)34)17-20-10-12-35-13-11-20/h2-5,14-15,19-20,22H,6-13,16-17H2,1H3,(H,30,33). The van der Waals surface area contributed by atoms with Gasteiger partial charge in [0.2, 0.25) is 0 Å². The van der Waals surface area contributed by atoms with Crippen LogP contribution in [0.3, 0.4) is 0 Å². The van der Waals surface area contributed by atoms with Gasteiger partial charge in [-0.1, -0.05) is 23.7 Å². The number of pyridine rings is 1. The van der Waals surface area contributed by atoms with Gasteiger partial charge in [-0.15, -0.1) is 0 Å². The minimum Gasteiger partial charge on any atom is -0.381 e. The molecule has 1 aliphatic heterocycles. The van der Waals surface area contributed by atoms with E-state index in [1.165, 1.54) is 0 Å². The summed E-state index contributed by atoms with van der Waals surface area (Å²) in [4.78, 5) is 30.4. The van der Waals surface area contributed by atoms with Crippen molar-refractivity contribution in [2.75, 3.05) is 13.2 Å². The van der Waals surface area contributed by atoms with Gasteiger partial charge in [0.25, 0.3) is 5.91 Å². The highest BCUT2D eigenvalue weighted by Gasteiger charge is 2.26. The van der Waals surface area contributed by atoms with Gasteiger partial charge >= 0.3 is 5.69 Å². The summed E-state index contributed by atoms with van der Waals surface area (Å²) in [5, 5.41) is 3.62. The smallest absolute Gasteiger partial charge is 0.329 e. The molecule has 8 heteroatoms. The fourth-order valence-corrected chi connectivity index (χ4v) is 5.72. The molecule has 1 saturated carbocycles. The number of hydrogen-bond donors (Lipinski definition) is 1. The lowest BCUT2D eigenvalue weighted by Gasteiger charge is -2.29. The summed E-state index contributed by atoms with van der Waals surface area (Å²) in [6.07, 6.45) is 7.32. The quantitative estimate of drug-likeness (QED) is 0.542. The van der Waals surface area contributed by atoms with Crippen LogP contribution >= 0.6 is 11.6 Å². The first-order valence-electron chi connectivity index (χ1n) is 12.7. The average Bonchev–Trinajstić information content (AvgIpc) is 3.13. The maximum atomic E-state index is 13.5. The van der Waals surface area contributed by atoms with E-state index in [1.54, 1.807) is 12.3 Å². The molecule has 3 aromatic rings. The topological polar surface area (TPSA) is 78.2 Å². The number of carbonyl (C=O) groups excluding carboxylic acids is 1. The molecule has 0 atom stereocenters. The van der Waals surface area contributed by atoms with Crippen molar-refractivity contribution in [1.82, 2.24) is 19.4 Å². The van der Waals surface area contributed by atoms with Gasteiger partial charge < -0.3 is 10.1 Å². The van der Waals surface area contributed by atoms with E-state index in [2.05, 4.69) is 22.4 Å². The van der Waals surface area contributed by atoms with Crippen LogP contribution in [0.5, 0.6) is 0 Å². The number of para-hydroxylation sites is 2. The van der Waals surface area contributed by atoms with Gasteiger partial charge in [-0.2, -0.15) is 0 Å². The van der Waals surface area contributed by atoms with Crippen LogP contribution in [0, 0.1) is 18.8 Å². The Kier molecular flexibility index (Phi) is 7.25. The van der Waals surface area contributed by atoms with Crippen LogP contribution in [-0.2, 0) is 17.8 Å². The third kappa shape index (κ3) is 5.31. The van der Waals surface area contributed by atoms with Gasteiger partial charge in [0.15, 0.2) is 0 Å². The number of nitrogens with one attached hydrogen (secondary N) is 1. The van der Waals surface area contributed by atoms with Crippen LogP contribution < -0.4 is 11.0 Å². The van der Waals surface area contributed by atoms with Crippen molar-refractivity contribution in [3.8, 4) is 0 Å². The monoisotopic (exact) mass is 496 g/mol. The molecule has 5 rings (SSSR count). The molecule has 2 aliphatic rings. The molecule has 0 unspecified atom stereocenters. The van der Waals surface area contributed by atoms with Crippen molar-refractivity contribution in [2.45, 2.75) is 64.6 Å². The van der Waals surface area contributed by atoms with Crippen LogP contribution in [0.1, 0.15) is 54.6 Å². The zero-order valence-corrected chi connectivity index (χ0v) is 21.0. The summed E-state index contributed by atoms with van der Waals surface area (Å²) >= 11 is 6.03. The number of ether oxygens (including phenoxy) is 1. The number of halogens is 1. The van der Waals surface area contributed by atoms with Crippen LogP contribution in [0.15, 0.2) is 41.3 Å². The van der Waals surface area contributed by atoms with E-state index in [9.17, 15) is 9.59 Å². The highest BCUT2D eigenvalue weighted by Crippen LogP contribution is 2.28. The zero-order chi connectivity index (χ0) is 24.4. The van der Waals surface area contributed by atoms with Crippen molar-refractivity contribution in [1.29, 1.82) is 0 Å². The van der Waals surface area contributed by atoms with Crippen LogP contribution in [0.25, 0.3) is 11.0 Å². The molecular weight excluding hydrogens is 464 g/mol. The summed E-state index contributed by atoms with van der Waals surface area (Å²) < 4.78 is 9.44. The SMILES string of the molecule is Cc1ncc(Cl)cc1C(=O)NC1CCC(Cn2c(=O)n(CC3CCOCC3)c3ccccc32)CC1. The molecule has 2 fully saturated rings. The number of carbonyl (C=O) groups is 1. The Hall–Kier alpha value is -2.64. The molecule has 1 saturated heterocycles. The van der Waals surface area contributed by atoms with Gasteiger partial charge in [-0.05, 0) is 75.5 Å². The Morgan fingerprint density at radius 1 is 1.03 bits per heavy atom. The van der Waals surface area contributed by atoms with E-state index in [1.807, 2.05) is 28.2 Å². The largest absolute Gasteiger partial charge is 0.381 e. The molecule has 1 aromatic carbocycles. The molecule has 1 aliphatic carbocycles. The number of nitrogens with zero attached hydrogens (tertiary/aromatic N) is 3. The van der Waals surface area contributed by atoms with Crippen molar-refractivity contribution in [3.05, 3.63) is 63.3 Å². The fourth-order valence-electron chi connectivity index (χ4n) is 5.56. The molecule has 0 spiro atoms. The Morgan fingerprint density at radius 2 is 1.63 bits per heavy atom. The third-order valence-corrected chi connectivity index (χ3v) is 7.83. The lowest BCUT2D eigenvalue weighted by atomic mass is 9.85. The number of benzene rings is 1. The van der Waals surface area contributed by atoms with Gasteiger partial charge in [0.05, 0.1) is 27.3 Å². The number of rotatable bonds is 6. The van der Waals surface area contributed by atoms with Crippen molar-refractivity contribution in [2.24, 2.45) is 11.8 Å². The number of fused-ring (bicyclic) bond motifs is 1. The first-order valence-corrected chi connectivity index (χ1v) is 13.1. The minimum atomic E-state index is -0.117. The molecule has 1 N–H and O–H groups in total. The lowest BCUT2D eigenvalue weighted by molar-refractivity contribution is 0.0612. The Bertz CT molecular complexity index is 1250. The molecule has 2 aromatic heterocycles. The molecule has 0 radical (unpaired) electrons. The molecule has 0 bridgehead atoms. The fraction of sp³-hybridized carbons (Fsp3) is 0.519. The number of amides is 1. The molecule has 186 valence electrons. The van der Waals surface area contributed by atoms with Crippen molar-refractivity contribution < 1.29 is 9.53 Å². The van der Waals surface area contributed by atoms with E-state index in [-0.39, 0.29) is 17.6 Å². The van der Waals surface area contributed by atoms with Gasteiger partial charge in [0, 0.05) is 38.5 Å². The van der Waals surface area contributed by atoms with Gasteiger partial charge in [0.1, 0.15) is 0 Å². The van der Waals surface area contributed by atoms with Crippen LogP contribution in [-0.4, -0.2) is 39.3 Å². The van der Waals surface area contributed by atoms with Crippen LogP contribution in [0.2, 0.25) is 5.02 Å². The first-order chi connectivity index (χ1) is 17.0. The maximum absolute atomic E-state index is 13.5. The minimum absolute atomic E-state index is 0.0945. The van der Waals surface area contributed by atoms with Crippen molar-refractivity contribution in [3.63, 3.8) is 0 Å². The predicted molar refractivity (Wildman–Crippen MR) is 137 cm³/mol. The Balaban J connectivity index is 1.24. The summed E-state index contributed by atoms with van der Waals surface area (Å²) in [5.41, 5.74) is 3.34. The second-order valence-corrected chi connectivity index (χ2v) is 10.5. The summed E-state index contributed by atoms with van der Waals surface area (Å²) in [7, 11) is 0. The molecule has 3 heterocycles. The third-order valence-electron chi connectivity index (χ3n) is 7.63. The highest BCUT2D eigenvalue weighted by molar-refractivity contribution is 6.30. The number of imidazole rings is 1. The summed E-state index contributed by atoms with van der Waals surface area (Å²) in [6.45, 7) is 4.86. The van der Waals surface area contributed by atoms with E-state index >= 15 is 0 Å². The number of aromatic nitrogens is 3. The van der Waals surface area contributed by atoms with E-state index in [4.69, 9.17) is 16.3 Å². The molecule has 1 amide bonds. The second kappa shape index (κ2) is 10.5. The average molecular weight is 497 g/mol. The number of aryl methyl sites for hydroxylation is 1. The van der Waals surface area contributed by atoms with E-state index < -0.39 is 0 Å². The molecule has 7 nitrogen and oxygen atoms in total. The highest BCUT2D eigenvalue weighted by atomic mass is 35.5. The normalized spacial score (nSPS) is 21.3. The lowest BCUT2D eigenvalue weighted by Crippen LogP contribution is -2.39. The van der Waals surface area contributed by atoms with Crippen LogP contribution in [0.4, 0.5) is 0 Å². The van der Waals surface area contributed by atoms with E-state index in [0.717, 1.165) is 75.9 Å². The summed E-state index contributed by atoms with van der Waals surface area (Å²) in [6, 6.07) is 9.95. The second-order valence-electron chi connectivity index (χ2n) is 10.0. The molecular formula is C27H33ClN4O3. The van der Waals surface area contributed by atoms with Gasteiger partial charge in [-0.25, -0.2) is 4.79 Å². The van der Waals surface area contributed by atoms with Gasteiger partial charge in [-0.3, -0.25) is 18.9 Å². The summed E-state index contributed by atoms with van der Waals surface area (Å²) in [5.74, 6) is 0.782. The van der Waals surface area contributed by atoms with Crippen molar-refractivity contribution >= 4 is 28.5 Å². The number of hydrogen-bond acceptors (Lipinski definition) is 4. The maximum Gasteiger partial charge on any atom is 0.329 e. The predicted octanol–water partition coefficient (Wildman–Crippen LogP) is 4.58. The first kappa shape index (κ1) is 24.1.